The van der Waals surface area contributed by atoms with Gasteiger partial charge >= 0.3 is 12.0 Å². The number of nitrogens with zero attached hydrogens (tertiary/aromatic N) is 2. The number of carbonyl (C=O) groups is 3. The molecule has 2 aliphatic heterocycles. The second-order valence-corrected chi connectivity index (χ2v) is 6.94. The minimum Gasteiger partial charge on any atom is -0.477 e. The molecule has 0 radical (unpaired) electrons. The Morgan fingerprint density at radius 1 is 1.61 bits per heavy atom. The Balaban J connectivity index is 2.14. The first-order valence-electron chi connectivity index (χ1n) is 7.17. The molecule has 1 saturated heterocycles. The molecular formula is C14H21N4O4S+. The quantitative estimate of drug-likeness (QED) is 0.357. The molecule has 9 heteroatoms. The van der Waals surface area contributed by atoms with Gasteiger partial charge < -0.3 is 16.6 Å². The molecule has 0 spiro atoms. The summed E-state index contributed by atoms with van der Waals surface area (Å²) in [6.45, 7) is 2.67. The van der Waals surface area contributed by atoms with Crippen molar-refractivity contribution in [1.29, 1.82) is 0 Å². The summed E-state index contributed by atoms with van der Waals surface area (Å²) in [5.41, 5.74) is 10.3. The van der Waals surface area contributed by atoms with Gasteiger partial charge in [-0.05, 0) is 19.1 Å². The minimum atomic E-state index is -1.25. The van der Waals surface area contributed by atoms with Gasteiger partial charge in [0.15, 0.2) is 0 Å². The van der Waals surface area contributed by atoms with Crippen LogP contribution in [0.3, 0.4) is 0 Å². The van der Waals surface area contributed by atoms with E-state index >= 15 is 0 Å². The van der Waals surface area contributed by atoms with Gasteiger partial charge in [0, 0.05) is 5.75 Å². The molecule has 8 nitrogen and oxygen atoms in total. The molecule has 0 aliphatic carbocycles. The minimum absolute atomic E-state index is 0.00255. The Morgan fingerprint density at radius 3 is 2.78 bits per heavy atom. The highest BCUT2D eigenvalue weighted by Crippen LogP contribution is 2.43. The molecular weight excluding hydrogens is 320 g/mol. The van der Waals surface area contributed by atoms with Crippen LogP contribution in [0, 0.1) is 0 Å². The summed E-state index contributed by atoms with van der Waals surface area (Å²) >= 11 is 1.41. The number of primary amides is 1. The molecule has 0 aromatic heterocycles. The van der Waals surface area contributed by atoms with Crippen LogP contribution in [0.1, 0.15) is 6.92 Å². The van der Waals surface area contributed by atoms with Gasteiger partial charge in [-0.1, -0.05) is 6.08 Å². The molecule has 1 fully saturated rings. The van der Waals surface area contributed by atoms with E-state index in [0.717, 1.165) is 0 Å². The van der Waals surface area contributed by atoms with Crippen molar-refractivity contribution in [3.63, 3.8) is 0 Å². The summed E-state index contributed by atoms with van der Waals surface area (Å²) < 4.78 is 0.00255. The van der Waals surface area contributed by atoms with E-state index in [4.69, 9.17) is 16.6 Å². The first-order valence-corrected chi connectivity index (χ1v) is 8.22. The van der Waals surface area contributed by atoms with Crippen LogP contribution in [0.5, 0.6) is 0 Å². The van der Waals surface area contributed by atoms with Crippen molar-refractivity contribution in [3.05, 3.63) is 23.9 Å². The molecule has 0 aromatic rings. The molecule has 0 bridgehead atoms. The van der Waals surface area contributed by atoms with Gasteiger partial charge in [0.25, 0.3) is 5.91 Å². The standard InChI is InChI=1S/C14H20N4O4S/c1-3-18(2,13(15)22)7-4-6-14(16)11(21)17-9(10(19)20)5-8-23-12(14)17/h4-6,12H,3,7-8,16H2,1-2H3,(H2-,15,19,20,22)/p+1/b6-4+/t12-,14+,18?/m0/s1. The third-order valence-electron chi connectivity index (χ3n) is 4.37. The average Bonchev–Trinajstić information content (AvgIpc) is 2.52. The van der Waals surface area contributed by atoms with Gasteiger partial charge in [-0.3, -0.25) is 9.69 Å². The summed E-state index contributed by atoms with van der Waals surface area (Å²) in [6, 6.07) is -0.465. The fraction of sp³-hybridized carbons (Fsp3) is 0.500. The van der Waals surface area contributed by atoms with Gasteiger partial charge in [-0.15, -0.1) is 11.8 Å². The molecule has 2 aliphatic rings. The SMILES string of the molecule is CC[N+](C)(C/C=C/[C@@]1(N)C(=O)N2C(C(=O)O)=CCS[C@H]21)C(N)=O. The first-order chi connectivity index (χ1) is 10.7. The van der Waals surface area contributed by atoms with Crippen molar-refractivity contribution in [2.45, 2.75) is 17.8 Å². The molecule has 5 N–H and O–H groups in total. The van der Waals surface area contributed by atoms with Crippen molar-refractivity contribution in [2.24, 2.45) is 11.5 Å². The highest BCUT2D eigenvalue weighted by molar-refractivity contribution is 8.00. The second-order valence-electron chi connectivity index (χ2n) is 5.82. The lowest BCUT2D eigenvalue weighted by Crippen LogP contribution is -2.76. The first kappa shape index (κ1) is 17.5. The van der Waals surface area contributed by atoms with Crippen LogP contribution in [0.15, 0.2) is 23.9 Å². The Labute approximate surface area is 138 Å². The number of aliphatic carboxylic acids is 1. The number of nitrogens with two attached hydrogens (primary N) is 2. The zero-order chi connectivity index (χ0) is 17.4. The summed E-state index contributed by atoms with van der Waals surface area (Å²) in [5, 5.41) is 8.69. The molecule has 0 saturated carbocycles. The van der Waals surface area contributed by atoms with Crippen LogP contribution < -0.4 is 11.5 Å². The Hall–Kier alpha value is -1.84. The third kappa shape index (κ3) is 2.75. The number of carbonyl (C=O) groups excluding carboxylic acids is 2. The predicted molar refractivity (Wildman–Crippen MR) is 86.0 cm³/mol. The van der Waals surface area contributed by atoms with E-state index in [1.807, 2.05) is 6.92 Å². The summed E-state index contributed by atoms with van der Waals surface area (Å²) in [5.74, 6) is -1.12. The fourth-order valence-electron chi connectivity index (χ4n) is 2.53. The van der Waals surface area contributed by atoms with Crippen LogP contribution in [-0.2, 0) is 9.59 Å². The fourth-order valence-corrected chi connectivity index (χ4v) is 3.78. The number of rotatable bonds is 5. The number of β-lactam (4-membered cyclic amide) rings is 1. The largest absolute Gasteiger partial charge is 0.477 e. The van der Waals surface area contributed by atoms with E-state index < -0.39 is 28.8 Å². The topological polar surface area (TPSA) is 127 Å². The Morgan fingerprint density at radius 2 is 2.26 bits per heavy atom. The maximum atomic E-state index is 12.3. The van der Waals surface area contributed by atoms with E-state index in [1.54, 1.807) is 19.2 Å². The molecule has 1 unspecified atom stereocenters. The van der Waals surface area contributed by atoms with Gasteiger partial charge in [0.1, 0.15) is 23.2 Å². The maximum Gasteiger partial charge on any atom is 0.414 e. The van der Waals surface area contributed by atoms with Crippen LogP contribution in [0.4, 0.5) is 4.79 Å². The zero-order valence-corrected chi connectivity index (χ0v) is 13.9. The smallest absolute Gasteiger partial charge is 0.414 e. The van der Waals surface area contributed by atoms with Crippen molar-refractivity contribution in [1.82, 2.24) is 4.90 Å². The highest BCUT2D eigenvalue weighted by Gasteiger charge is 2.60. The van der Waals surface area contributed by atoms with E-state index in [-0.39, 0.29) is 10.2 Å². The van der Waals surface area contributed by atoms with Gasteiger partial charge in [0.2, 0.25) is 0 Å². The highest BCUT2D eigenvalue weighted by atomic mass is 32.2. The van der Waals surface area contributed by atoms with Gasteiger partial charge in [-0.2, -0.15) is 0 Å². The number of hydrogen-bond acceptors (Lipinski definition) is 5. The second kappa shape index (κ2) is 5.99. The van der Waals surface area contributed by atoms with E-state index in [0.29, 0.717) is 18.8 Å². The Kier molecular flexibility index (Phi) is 4.56. The number of quaternary nitrogens is 1. The predicted octanol–water partition coefficient (Wildman–Crippen LogP) is -0.331. The maximum absolute atomic E-state index is 12.3. The van der Waals surface area contributed by atoms with Crippen LogP contribution in [0.2, 0.25) is 0 Å². The van der Waals surface area contributed by atoms with Crippen molar-refractivity contribution < 1.29 is 24.0 Å². The Bertz CT molecular complexity index is 620. The summed E-state index contributed by atoms with van der Waals surface area (Å²) in [7, 11) is 1.70. The molecule has 3 amide bonds. The molecule has 0 aromatic carbocycles. The summed E-state index contributed by atoms with van der Waals surface area (Å²) in [6.07, 6.45) is 4.73. The molecule has 126 valence electrons. The third-order valence-corrected chi connectivity index (χ3v) is 5.65. The number of urea groups is 1. The number of carboxylic acids is 1. The van der Waals surface area contributed by atoms with Crippen molar-refractivity contribution >= 4 is 29.7 Å². The van der Waals surface area contributed by atoms with Crippen molar-refractivity contribution in [3.8, 4) is 0 Å². The van der Waals surface area contributed by atoms with E-state index in [2.05, 4.69) is 0 Å². The molecule has 2 rings (SSSR count). The molecule has 23 heavy (non-hydrogen) atoms. The number of hydrogen-bond donors (Lipinski definition) is 3. The molecule has 2 heterocycles. The average molecular weight is 341 g/mol. The van der Waals surface area contributed by atoms with Crippen molar-refractivity contribution in [2.75, 3.05) is 25.9 Å². The van der Waals surface area contributed by atoms with E-state index in [9.17, 15) is 14.4 Å². The van der Waals surface area contributed by atoms with Gasteiger partial charge in [0.05, 0.1) is 13.6 Å². The number of fused-ring (bicyclic) bond motifs is 1. The lowest BCUT2D eigenvalue weighted by Gasteiger charge is -2.53. The normalized spacial score (nSPS) is 29.5. The van der Waals surface area contributed by atoms with Gasteiger partial charge in [-0.25, -0.2) is 14.1 Å². The van der Waals surface area contributed by atoms with E-state index in [1.165, 1.54) is 22.7 Å². The van der Waals surface area contributed by atoms with Crippen LogP contribution >= 0.6 is 11.8 Å². The van der Waals surface area contributed by atoms with Crippen LogP contribution in [-0.4, -0.2) is 69.2 Å². The molecule has 3 atom stereocenters. The lowest BCUT2D eigenvalue weighted by molar-refractivity contribution is -0.820. The number of thioether (sulfide) groups is 1. The number of amides is 3. The number of likely N-dealkylation sites (N-methyl/N-ethyl adjacent to an activating group) is 1. The summed E-state index contributed by atoms with van der Waals surface area (Å²) in [4.78, 5) is 36.2. The lowest BCUT2D eigenvalue weighted by atomic mass is 9.87. The zero-order valence-electron chi connectivity index (χ0n) is 13.1. The number of carboxylic acid groups (broad SMARTS) is 1. The monoisotopic (exact) mass is 341 g/mol. The van der Waals surface area contributed by atoms with Crippen LogP contribution in [0.25, 0.3) is 0 Å².